The molecule has 0 amide bonds. The molecule has 0 radical (unpaired) electrons. The second-order valence-corrected chi connectivity index (χ2v) is 6.40. The Morgan fingerprint density at radius 2 is 1.29 bits per heavy atom. The number of carbonyl (C=O) groups is 5. The summed E-state index contributed by atoms with van der Waals surface area (Å²) in [5.41, 5.74) is -2.67. The Bertz CT molecular complexity index is 539. The lowest BCUT2D eigenvalue weighted by molar-refractivity contribution is -0.186. The smallest absolute Gasteiger partial charge is 0.349 e. The third-order valence-corrected chi connectivity index (χ3v) is 3.85. The van der Waals surface area contributed by atoms with Gasteiger partial charge in [-0.3, -0.25) is 19.2 Å². The van der Waals surface area contributed by atoms with Crippen LogP contribution in [0.2, 0.25) is 0 Å². The SMILES string of the molecule is CCCCCCC(=O)OCCCCC(=O)OC(CC(=O)O)(CC(=O)O)C(=O)O. The highest BCUT2D eigenvalue weighted by Gasteiger charge is 2.47. The normalized spacial score (nSPS) is 10.9. The van der Waals surface area contributed by atoms with Crippen molar-refractivity contribution in [1.82, 2.24) is 0 Å². The van der Waals surface area contributed by atoms with Gasteiger partial charge in [-0.2, -0.15) is 0 Å². The fourth-order valence-corrected chi connectivity index (χ4v) is 2.41. The Balaban J connectivity index is 4.34. The van der Waals surface area contributed by atoms with Gasteiger partial charge in [-0.05, 0) is 19.3 Å². The van der Waals surface area contributed by atoms with E-state index in [1.165, 1.54) is 0 Å². The van der Waals surface area contributed by atoms with Crippen LogP contribution in [0.1, 0.15) is 71.1 Å². The Morgan fingerprint density at radius 3 is 1.79 bits per heavy atom. The standard InChI is InChI=1S/C18H28O10/c1-2-3-4-5-8-15(23)27-10-7-6-9-16(24)28-18(17(25)26,11-13(19)20)12-14(21)22/h2-12H2,1H3,(H,19,20)(H,21,22)(H,25,26). The fourth-order valence-electron chi connectivity index (χ4n) is 2.41. The molecule has 0 aromatic carbocycles. The zero-order chi connectivity index (χ0) is 21.6. The lowest BCUT2D eigenvalue weighted by atomic mass is 9.95. The van der Waals surface area contributed by atoms with E-state index in [1.54, 1.807) is 0 Å². The maximum absolute atomic E-state index is 11.8. The van der Waals surface area contributed by atoms with Gasteiger partial charge in [0.25, 0.3) is 0 Å². The molecule has 0 aliphatic carbocycles. The monoisotopic (exact) mass is 404 g/mol. The van der Waals surface area contributed by atoms with Crippen LogP contribution in [-0.4, -0.2) is 57.4 Å². The number of hydrogen-bond acceptors (Lipinski definition) is 7. The minimum Gasteiger partial charge on any atom is -0.481 e. The van der Waals surface area contributed by atoms with E-state index >= 15 is 0 Å². The Morgan fingerprint density at radius 1 is 0.750 bits per heavy atom. The first-order valence-electron chi connectivity index (χ1n) is 9.17. The van der Waals surface area contributed by atoms with Crippen LogP contribution in [0.3, 0.4) is 0 Å². The van der Waals surface area contributed by atoms with Gasteiger partial charge < -0.3 is 24.8 Å². The van der Waals surface area contributed by atoms with E-state index in [2.05, 4.69) is 6.92 Å². The van der Waals surface area contributed by atoms with Crippen LogP contribution in [0.25, 0.3) is 0 Å². The molecular weight excluding hydrogens is 376 g/mol. The molecule has 0 rings (SSSR count). The Hall–Kier alpha value is -2.65. The van der Waals surface area contributed by atoms with Crippen LogP contribution in [-0.2, 0) is 33.4 Å². The molecular formula is C18H28O10. The number of esters is 2. The second kappa shape index (κ2) is 13.5. The van der Waals surface area contributed by atoms with Crippen molar-refractivity contribution >= 4 is 29.8 Å². The molecule has 0 bridgehead atoms. The van der Waals surface area contributed by atoms with Gasteiger partial charge in [-0.15, -0.1) is 0 Å². The Kier molecular flexibility index (Phi) is 12.2. The summed E-state index contributed by atoms with van der Waals surface area (Å²) < 4.78 is 9.72. The van der Waals surface area contributed by atoms with E-state index in [1.807, 2.05) is 0 Å². The molecule has 10 nitrogen and oxygen atoms in total. The van der Waals surface area contributed by atoms with Gasteiger partial charge in [0.1, 0.15) is 0 Å². The van der Waals surface area contributed by atoms with Crippen molar-refractivity contribution in [2.75, 3.05) is 6.61 Å². The highest BCUT2D eigenvalue weighted by molar-refractivity contribution is 5.90. The Labute approximate surface area is 162 Å². The summed E-state index contributed by atoms with van der Waals surface area (Å²) in [6.45, 7) is 2.15. The number of carboxylic acid groups (broad SMARTS) is 3. The highest BCUT2D eigenvalue weighted by Crippen LogP contribution is 2.23. The average molecular weight is 404 g/mol. The molecule has 0 atom stereocenters. The van der Waals surface area contributed by atoms with Crippen molar-refractivity contribution in [3.05, 3.63) is 0 Å². The van der Waals surface area contributed by atoms with Crippen molar-refractivity contribution in [1.29, 1.82) is 0 Å². The molecule has 0 fully saturated rings. The van der Waals surface area contributed by atoms with Crippen molar-refractivity contribution < 1.29 is 48.8 Å². The van der Waals surface area contributed by atoms with Crippen LogP contribution in [0.5, 0.6) is 0 Å². The molecule has 0 aromatic heterocycles. The first kappa shape index (κ1) is 25.4. The second-order valence-electron chi connectivity index (χ2n) is 6.40. The summed E-state index contributed by atoms with van der Waals surface area (Å²) in [5, 5.41) is 26.8. The van der Waals surface area contributed by atoms with Gasteiger partial charge in [0.05, 0.1) is 19.4 Å². The number of rotatable bonds is 16. The molecule has 0 saturated heterocycles. The molecule has 0 aromatic rings. The number of unbranched alkanes of at least 4 members (excludes halogenated alkanes) is 4. The van der Waals surface area contributed by atoms with Gasteiger partial charge >= 0.3 is 29.8 Å². The van der Waals surface area contributed by atoms with E-state index < -0.39 is 42.3 Å². The van der Waals surface area contributed by atoms with Crippen LogP contribution in [0.15, 0.2) is 0 Å². The third-order valence-electron chi connectivity index (χ3n) is 3.85. The molecule has 28 heavy (non-hydrogen) atoms. The molecule has 3 N–H and O–H groups in total. The number of aliphatic carboxylic acids is 3. The summed E-state index contributed by atoms with van der Waals surface area (Å²) in [7, 11) is 0. The van der Waals surface area contributed by atoms with Gasteiger partial charge in [-0.25, -0.2) is 4.79 Å². The molecule has 160 valence electrons. The lowest BCUT2D eigenvalue weighted by Crippen LogP contribution is -2.47. The van der Waals surface area contributed by atoms with Crippen molar-refractivity contribution in [3.63, 3.8) is 0 Å². The quantitative estimate of drug-likeness (QED) is 0.256. The minimum atomic E-state index is -2.67. The first-order chi connectivity index (χ1) is 13.1. The van der Waals surface area contributed by atoms with Gasteiger partial charge in [0.2, 0.25) is 5.60 Å². The zero-order valence-corrected chi connectivity index (χ0v) is 16.0. The number of hydrogen-bond donors (Lipinski definition) is 3. The molecule has 0 saturated carbocycles. The van der Waals surface area contributed by atoms with Crippen LogP contribution in [0, 0.1) is 0 Å². The molecule has 0 aliphatic rings. The van der Waals surface area contributed by atoms with E-state index in [9.17, 15) is 29.1 Å². The van der Waals surface area contributed by atoms with Crippen LogP contribution < -0.4 is 0 Å². The van der Waals surface area contributed by atoms with Crippen molar-refractivity contribution in [2.45, 2.75) is 76.7 Å². The third kappa shape index (κ3) is 11.1. The molecule has 0 spiro atoms. The molecule has 0 aliphatic heterocycles. The first-order valence-corrected chi connectivity index (χ1v) is 9.17. The van der Waals surface area contributed by atoms with E-state index in [4.69, 9.17) is 19.7 Å². The van der Waals surface area contributed by atoms with Crippen LogP contribution in [0.4, 0.5) is 0 Å². The minimum absolute atomic E-state index is 0.0915. The fraction of sp³-hybridized carbons (Fsp3) is 0.722. The average Bonchev–Trinajstić information content (AvgIpc) is 2.57. The van der Waals surface area contributed by atoms with Crippen molar-refractivity contribution in [2.24, 2.45) is 0 Å². The van der Waals surface area contributed by atoms with Gasteiger partial charge in [0.15, 0.2) is 0 Å². The van der Waals surface area contributed by atoms with E-state index in [0.29, 0.717) is 12.8 Å². The summed E-state index contributed by atoms with van der Waals surface area (Å²) >= 11 is 0. The number of carbonyl (C=O) groups excluding carboxylic acids is 2. The van der Waals surface area contributed by atoms with Gasteiger partial charge in [-0.1, -0.05) is 26.2 Å². The molecule has 0 unspecified atom stereocenters. The predicted molar refractivity (Wildman–Crippen MR) is 94.5 cm³/mol. The highest BCUT2D eigenvalue weighted by atomic mass is 16.6. The predicted octanol–water partition coefficient (Wildman–Crippen LogP) is 1.99. The number of ether oxygens (including phenoxy) is 2. The van der Waals surface area contributed by atoms with Crippen LogP contribution >= 0.6 is 0 Å². The largest absolute Gasteiger partial charge is 0.481 e. The topological polar surface area (TPSA) is 165 Å². The summed E-state index contributed by atoms with van der Waals surface area (Å²) in [6, 6.07) is 0. The maximum atomic E-state index is 11.8. The summed E-state index contributed by atoms with van der Waals surface area (Å²) in [5.74, 6) is -6.42. The van der Waals surface area contributed by atoms with Gasteiger partial charge in [0, 0.05) is 12.8 Å². The summed E-state index contributed by atoms with van der Waals surface area (Å²) in [4.78, 5) is 56.4. The number of carboxylic acids is 3. The zero-order valence-electron chi connectivity index (χ0n) is 16.0. The van der Waals surface area contributed by atoms with E-state index in [0.717, 1.165) is 25.7 Å². The molecule has 0 heterocycles. The lowest BCUT2D eigenvalue weighted by Gasteiger charge is -2.26. The summed E-state index contributed by atoms with van der Waals surface area (Å²) in [6.07, 6.45) is 2.08. The molecule has 10 heteroatoms. The maximum Gasteiger partial charge on any atom is 0.349 e. The van der Waals surface area contributed by atoms with Crippen molar-refractivity contribution in [3.8, 4) is 0 Å². The van der Waals surface area contributed by atoms with E-state index in [-0.39, 0.29) is 25.4 Å².